The highest BCUT2D eigenvalue weighted by Crippen LogP contribution is 2.27. The van der Waals surface area contributed by atoms with Crippen molar-refractivity contribution in [2.75, 3.05) is 18.4 Å². The fourth-order valence-electron chi connectivity index (χ4n) is 3.22. The maximum absolute atomic E-state index is 12.8. The fraction of sp³-hybridized carbons (Fsp3) is 0.421. The number of aryl methyl sites for hydroxylation is 2. The van der Waals surface area contributed by atoms with Crippen LogP contribution in [0.3, 0.4) is 0 Å². The second-order valence-electron chi connectivity index (χ2n) is 7.03. The minimum atomic E-state index is -3.53. The van der Waals surface area contributed by atoms with E-state index in [9.17, 15) is 13.2 Å². The highest BCUT2D eigenvalue weighted by Gasteiger charge is 2.30. The lowest BCUT2D eigenvalue weighted by atomic mass is 10.0. The first-order chi connectivity index (χ1) is 12.3. The minimum Gasteiger partial charge on any atom is -0.321 e. The second kappa shape index (κ2) is 7.50. The van der Waals surface area contributed by atoms with Gasteiger partial charge >= 0.3 is 0 Å². The Morgan fingerprint density at radius 1 is 1.27 bits per heavy atom. The van der Waals surface area contributed by atoms with E-state index in [1.54, 1.807) is 5.38 Å². The number of nitrogens with zero attached hydrogens (tertiary/aromatic N) is 1. The van der Waals surface area contributed by atoms with Crippen LogP contribution in [0.2, 0.25) is 0 Å². The summed E-state index contributed by atoms with van der Waals surface area (Å²) in [5.74, 6) is 0.0832. The number of hydrogen-bond donors (Lipinski definition) is 1. The number of rotatable bonds is 4. The molecule has 0 unspecified atom stereocenters. The molecule has 5 nitrogen and oxygen atoms in total. The van der Waals surface area contributed by atoms with Gasteiger partial charge < -0.3 is 5.32 Å². The molecule has 0 bridgehead atoms. The van der Waals surface area contributed by atoms with Crippen LogP contribution < -0.4 is 5.32 Å². The molecule has 3 rings (SSSR count). The standard InChI is InChI=1S/C19H24N2O3S2/c1-13-6-7-17(15(3)9-13)20-19(22)18-10-16(12-25-18)26(23,24)21-8-4-5-14(2)11-21/h6-7,9-10,12,14H,4-5,8,11H2,1-3H3,(H,20,22)/t14-/m0/s1. The molecule has 2 aromatic rings. The van der Waals surface area contributed by atoms with Gasteiger partial charge in [0.2, 0.25) is 10.0 Å². The number of nitrogens with one attached hydrogen (secondary N) is 1. The number of benzene rings is 1. The van der Waals surface area contributed by atoms with Gasteiger partial charge in [-0.2, -0.15) is 4.31 Å². The summed E-state index contributed by atoms with van der Waals surface area (Å²) in [6.07, 6.45) is 1.93. The topological polar surface area (TPSA) is 66.5 Å². The van der Waals surface area contributed by atoms with Crippen LogP contribution in [0.1, 0.15) is 40.6 Å². The molecule has 1 N–H and O–H groups in total. The van der Waals surface area contributed by atoms with E-state index in [-0.39, 0.29) is 10.8 Å². The van der Waals surface area contributed by atoms with Crippen molar-refractivity contribution in [3.63, 3.8) is 0 Å². The van der Waals surface area contributed by atoms with Crippen molar-refractivity contribution in [2.45, 2.75) is 38.5 Å². The summed E-state index contributed by atoms with van der Waals surface area (Å²) < 4.78 is 27.2. The zero-order chi connectivity index (χ0) is 18.9. The SMILES string of the molecule is Cc1ccc(NC(=O)c2cc(S(=O)(=O)N3CCC[C@H](C)C3)cs2)c(C)c1. The van der Waals surface area contributed by atoms with Crippen LogP contribution in [0, 0.1) is 19.8 Å². The summed E-state index contributed by atoms with van der Waals surface area (Å²) in [6, 6.07) is 7.28. The molecule has 0 saturated carbocycles. The number of amides is 1. The van der Waals surface area contributed by atoms with Crippen LogP contribution in [-0.2, 0) is 10.0 Å². The Balaban J connectivity index is 1.77. The van der Waals surface area contributed by atoms with E-state index in [4.69, 9.17) is 0 Å². The first kappa shape index (κ1) is 19.1. The third-order valence-electron chi connectivity index (χ3n) is 4.69. The Morgan fingerprint density at radius 3 is 2.73 bits per heavy atom. The predicted octanol–water partition coefficient (Wildman–Crippen LogP) is 4.04. The van der Waals surface area contributed by atoms with Crippen LogP contribution in [0.25, 0.3) is 0 Å². The molecule has 1 fully saturated rings. The van der Waals surface area contributed by atoms with Gasteiger partial charge in [0.15, 0.2) is 0 Å². The van der Waals surface area contributed by atoms with Gasteiger partial charge in [-0.05, 0) is 50.3 Å². The average Bonchev–Trinajstić information content (AvgIpc) is 3.08. The summed E-state index contributed by atoms with van der Waals surface area (Å²) in [4.78, 5) is 13.1. The fourth-order valence-corrected chi connectivity index (χ4v) is 5.98. The molecule has 1 aliphatic heterocycles. The van der Waals surface area contributed by atoms with Crippen molar-refractivity contribution in [3.05, 3.63) is 45.6 Å². The molecule has 1 aromatic heterocycles. The third-order valence-corrected chi connectivity index (χ3v) is 7.61. The van der Waals surface area contributed by atoms with Gasteiger partial charge in [0, 0.05) is 24.2 Å². The number of piperidine rings is 1. The lowest BCUT2D eigenvalue weighted by molar-refractivity contribution is 0.103. The smallest absolute Gasteiger partial charge is 0.265 e. The van der Waals surface area contributed by atoms with E-state index in [1.165, 1.54) is 10.4 Å². The maximum atomic E-state index is 12.8. The van der Waals surface area contributed by atoms with Gasteiger partial charge in [-0.1, -0.05) is 24.6 Å². The molecule has 7 heteroatoms. The second-order valence-corrected chi connectivity index (χ2v) is 9.88. The van der Waals surface area contributed by atoms with Crippen molar-refractivity contribution in [3.8, 4) is 0 Å². The monoisotopic (exact) mass is 392 g/mol. The van der Waals surface area contributed by atoms with Crippen LogP contribution in [0.15, 0.2) is 34.5 Å². The molecule has 0 spiro atoms. The predicted molar refractivity (Wildman–Crippen MR) is 105 cm³/mol. The highest BCUT2D eigenvalue weighted by molar-refractivity contribution is 7.89. The van der Waals surface area contributed by atoms with E-state index in [0.29, 0.717) is 23.9 Å². The lowest BCUT2D eigenvalue weighted by Crippen LogP contribution is -2.38. The molecule has 1 aromatic carbocycles. The molecular formula is C19H24N2O3S2. The summed E-state index contributed by atoms with van der Waals surface area (Å²) in [5.41, 5.74) is 2.84. The van der Waals surface area contributed by atoms with Crippen LogP contribution in [0.4, 0.5) is 5.69 Å². The Labute approximate surface area is 159 Å². The van der Waals surface area contributed by atoms with Gasteiger partial charge in [-0.25, -0.2) is 8.42 Å². The summed E-state index contributed by atoms with van der Waals surface area (Å²) >= 11 is 1.16. The molecule has 1 atom stereocenters. The Hall–Kier alpha value is -1.70. The van der Waals surface area contributed by atoms with E-state index in [2.05, 4.69) is 12.2 Å². The molecular weight excluding hydrogens is 368 g/mol. The van der Waals surface area contributed by atoms with Gasteiger partial charge in [0.05, 0.1) is 9.77 Å². The lowest BCUT2D eigenvalue weighted by Gasteiger charge is -2.29. The number of hydrogen-bond acceptors (Lipinski definition) is 4. The van der Waals surface area contributed by atoms with Crippen molar-refractivity contribution in [1.82, 2.24) is 4.31 Å². The Kier molecular flexibility index (Phi) is 5.50. The van der Waals surface area contributed by atoms with Crippen LogP contribution in [0.5, 0.6) is 0 Å². The number of anilines is 1. The molecule has 1 aliphatic rings. The van der Waals surface area contributed by atoms with Crippen molar-refractivity contribution in [1.29, 1.82) is 0 Å². The van der Waals surface area contributed by atoms with Gasteiger partial charge in [-0.15, -0.1) is 11.3 Å². The van der Waals surface area contributed by atoms with E-state index in [0.717, 1.165) is 41.0 Å². The van der Waals surface area contributed by atoms with Crippen molar-refractivity contribution >= 4 is 33.0 Å². The van der Waals surface area contributed by atoms with Crippen LogP contribution in [-0.4, -0.2) is 31.7 Å². The number of thiophene rings is 1. The first-order valence-corrected chi connectivity index (χ1v) is 11.1. The molecule has 0 aliphatic carbocycles. The number of carbonyl (C=O) groups is 1. The Morgan fingerprint density at radius 2 is 2.04 bits per heavy atom. The average molecular weight is 393 g/mol. The van der Waals surface area contributed by atoms with Crippen molar-refractivity contribution < 1.29 is 13.2 Å². The van der Waals surface area contributed by atoms with Crippen LogP contribution >= 0.6 is 11.3 Å². The Bertz CT molecular complexity index is 919. The normalized spacial score (nSPS) is 18.7. The highest BCUT2D eigenvalue weighted by atomic mass is 32.2. The van der Waals surface area contributed by atoms with Gasteiger partial charge in [-0.3, -0.25) is 4.79 Å². The molecule has 140 valence electrons. The molecule has 26 heavy (non-hydrogen) atoms. The van der Waals surface area contributed by atoms with Gasteiger partial charge in [0.25, 0.3) is 5.91 Å². The molecule has 0 radical (unpaired) electrons. The van der Waals surface area contributed by atoms with Crippen molar-refractivity contribution in [2.24, 2.45) is 5.92 Å². The minimum absolute atomic E-state index is 0.211. The number of sulfonamides is 1. The summed E-state index contributed by atoms with van der Waals surface area (Å²) in [7, 11) is -3.53. The zero-order valence-electron chi connectivity index (χ0n) is 15.3. The third kappa shape index (κ3) is 4.00. The van der Waals surface area contributed by atoms with E-state index >= 15 is 0 Å². The molecule has 1 saturated heterocycles. The number of carbonyl (C=O) groups excluding carboxylic acids is 1. The zero-order valence-corrected chi connectivity index (χ0v) is 16.9. The maximum Gasteiger partial charge on any atom is 0.265 e. The van der Waals surface area contributed by atoms with Gasteiger partial charge in [0.1, 0.15) is 0 Å². The summed E-state index contributed by atoms with van der Waals surface area (Å²) in [5, 5.41) is 4.43. The molecule has 1 amide bonds. The largest absolute Gasteiger partial charge is 0.321 e. The molecule has 2 heterocycles. The quantitative estimate of drug-likeness (QED) is 0.854. The van der Waals surface area contributed by atoms with E-state index < -0.39 is 10.0 Å². The van der Waals surface area contributed by atoms with E-state index in [1.807, 2.05) is 32.0 Å². The first-order valence-electron chi connectivity index (χ1n) is 8.74. The summed E-state index contributed by atoms with van der Waals surface area (Å²) in [6.45, 7) is 7.09.